The average molecular weight is 311 g/mol. The third kappa shape index (κ3) is 3.71. The molecule has 0 aromatic carbocycles. The molecule has 2 rings (SSSR count). The van der Waals surface area contributed by atoms with E-state index in [-0.39, 0.29) is 5.78 Å². The minimum Gasteiger partial charge on any atom is -0.349 e. The Morgan fingerprint density at radius 2 is 2.29 bits per heavy atom. The highest BCUT2D eigenvalue weighted by Gasteiger charge is 2.27. The number of halogens is 1. The SMILES string of the molecule is CCCC(=O)c1cnc(N2C[C@H](CC)NC[C@H]2C)c(Cl)n1. The second kappa shape index (κ2) is 7.18. The van der Waals surface area contributed by atoms with E-state index in [4.69, 9.17) is 11.6 Å². The van der Waals surface area contributed by atoms with Gasteiger partial charge in [-0.05, 0) is 19.8 Å². The van der Waals surface area contributed by atoms with Gasteiger partial charge in [-0.3, -0.25) is 4.79 Å². The van der Waals surface area contributed by atoms with Crippen molar-refractivity contribution >= 4 is 23.2 Å². The highest BCUT2D eigenvalue weighted by atomic mass is 35.5. The number of nitrogens with one attached hydrogen (secondary N) is 1. The molecule has 0 spiro atoms. The molecule has 0 bridgehead atoms. The number of carbonyl (C=O) groups is 1. The number of hydrogen-bond donors (Lipinski definition) is 1. The monoisotopic (exact) mass is 310 g/mol. The number of ketones is 1. The normalized spacial score (nSPS) is 22.4. The first-order chi connectivity index (χ1) is 10.1. The maximum Gasteiger partial charge on any atom is 0.182 e. The van der Waals surface area contributed by atoms with E-state index in [1.54, 1.807) is 6.20 Å². The predicted octanol–water partition coefficient (Wildman–Crippen LogP) is 2.69. The van der Waals surface area contributed by atoms with Crippen LogP contribution in [-0.2, 0) is 0 Å². The van der Waals surface area contributed by atoms with Crippen molar-refractivity contribution in [3.05, 3.63) is 17.0 Å². The van der Waals surface area contributed by atoms with Crippen molar-refractivity contribution in [2.45, 2.75) is 52.1 Å². The third-order valence-electron chi connectivity index (χ3n) is 3.89. The Morgan fingerprint density at radius 3 is 2.90 bits per heavy atom. The van der Waals surface area contributed by atoms with Crippen LogP contribution < -0.4 is 10.2 Å². The van der Waals surface area contributed by atoms with E-state index in [0.29, 0.717) is 35.2 Å². The summed E-state index contributed by atoms with van der Waals surface area (Å²) in [5.41, 5.74) is 0.362. The molecule has 5 nitrogen and oxygen atoms in total. The predicted molar refractivity (Wildman–Crippen MR) is 85.2 cm³/mol. The maximum absolute atomic E-state index is 11.9. The Morgan fingerprint density at radius 1 is 1.52 bits per heavy atom. The summed E-state index contributed by atoms with van der Waals surface area (Å²) < 4.78 is 0. The Labute approximate surface area is 131 Å². The van der Waals surface area contributed by atoms with Crippen LogP contribution in [0, 0.1) is 0 Å². The van der Waals surface area contributed by atoms with Crippen LogP contribution in [0.3, 0.4) is 0 Å². The second-order valence-corrected chi connectivity index (χ2v) is 5.92. The van der Waals surface area contributed by atoms with E-state index in [9.17, 15) is 4.79 Å². The number of Topliss-reactive ketones (excluding diaryl/α,β-unsaturated/α-hetero) is 1. The fraction of sp³-hybridized carbons (Fsp3) is 0.667. The van der Waals surface area contributed by atoms with Gasteiger partial charge in [0.1, 0.15) is 5.69 Å². The molecule has 21 heavy (non-hydrogen) atoms. The van der Waals surface area contributed by atoms with Crippen LogP contribution in [0.25, 0.3) is 0 Å². The first-order valence-corrected chi connectivity index (χ1v) is 8.00. The summed E-state index contributed by atoms with van der Waals surface area (Å²) in [6.07, 6.45) is 3.88. The molecular formula is C15H23ClN4O. The lowest BCUT2D eigenvalue weighted by Crippen LogP contribution is -2.55. The minimum atomic E-state index is -0.00163. The van der Waals surface area contributed by atoms with E-state index in [2.05, 4.69) is 34.0 Å². The van der Waals surface area contributed by atoms with E-state index >= 15 is 0 Å². The van der Waals surface area contributed by atoms with Crippen LogP contribution in [0.15, 0.2) is 6.20 Å². The summed E-state index contributed by atoms with van der Waals surface area (Å²) in [6.45, 7) is 8.01. The van der Waals surface area contributed by atoms with Crippen LogP contribution >= 0.6 is 11.6 Å². The lowest BCUT2D eigenvalue weighted by Gasteiger charge is -2.39. The van der Waals surface area contributed by atoms with E-state index in [1.807, 2.05) is 6.92 Å². The standard InChI is InChI=1S/C15H23ClN4O/c1-4-6-13(21)12-8-18-15(14(16)19-12)20-9-11(5-2)17-7-10(20)3/h8,10-11,17H,4-7,9H2,1-3H3/t10-,11+/m1/s1. The molecule has 1 saturated heterocycles. The van der Waals surface area contributed by atoms with Crippen molar-refractivity contribution in [2.75, 3.05) is 18.0 Å². The lowest BCUT2D eigenvalue weighted by atomic mass is 10.1. The van der Waals surface area contributed by atoms with Crippen molar-refractivity contribution in [1.82, 2.24) is 15.3 Å². The highest BCUT2D eigenvalue weighted by molar-refractivity contribution is 6.31. The van der Waals surface area contributed by atoms with Gasteiger partial charge in [0.05, 0.1) is 6.20 Å². The van der Waals surface area contributed by atoms with Gasteiger partial charge in [0, 0.05) is 31.6 Å². The topological polar surface area (TPSA) is 58.1 Å². The maximum atomic E-state index is 11.9. The van der Waals surface area contributed by atoms with Crippen LogP contribution in [0.1, 0.15) is 50.5 Å². The summed E-state index contributed by atoms with van der Waals surface area (Å²) in [5.74, 6) is 0.676. The van der Waals surface area contributed by atoms with Gasteiger partial charge in [0.25, 0.3) is 0 Å². The fourth-order valence-electron chi connectivity index (χ4n) is 2.54. The molecule has 2 heterocycles. The Kier molecular flexibility index (Phi) is 5.53. The Balaban J connectivity index is 2.21. The molecule has 1 aromatic rings. The van der Waals surface area contributed by atoms with Crippen molar-refractivity contribution in [3.8, 4) is 0 Å². The molecule has 0 saturated carbocycles. The number of anilines is 1. The lowest BCUT2D eigenvalue weighted by molar-refractivity contribution is 0.0976. The molecule has 0 aliphatic carbocycles. The summed E-state index contributed by atoms with van der Waals surface area (Å²) in [5, 5.41) is 3.82. The van der Waals surface area contributed by atoms with Crippen molar-refractivity contribution < 1.29 is 4.79 Å². The Hall–Kier alpha value is -1.20. The molecule has 6 heteroatoms. The van der Waals surface area contributed by atoms with Gasteiger partial charge in [-0.15, -0.1) is 0 Å². The molecule has 116 valence electrons. The van der Waals surface area contributed by atoms with Gasteiger partial charge in [-0.25, -0.2) is 9.97 Å². The Bertz CT molecular complexity index is 508. The van der Waals surface area contributed by atoms with E-state index < -0.39 is 0 Å². The summed E-state index contributed by atoms with van der Waals surface area (Å²) in [6, 6.07) is 0.734. The van der Waals surface area contributed by atoms with Crippen LogP contribution in [0.2, 0.25) is 5.15 Å². The number of hydrogen-bond acceptors (Lipinski definition) is 5. The summed E-state index contributed by atoms with van der Waals surface area (Å²) >= 11 is 6.28. The van der Waals surface area contributed by atoms with Crippen LogP contribution in [0.4, 0.5) is 5.82 Å². The molecule has 1 aliphatic rings. The van der Waals surface area contributed by atoms with Crippen molar-refractivity contribution in [1.29, 1.82) is 0 Å². The zero-order valence-electron chi connectivity index (χ0n) is 12.9. The highest BCUT2D eigenvalue weighted by Crippen LogP contribution is 2.25. The largest absolute Gasteiger partial charge is 0.349 e. The number of piperazine rings is 1. The van der Waals surface area contributed by atoms with Gasteiger partial charge < -0.3 is 10.2 Å². The number of carbonyl (C=O) groups excluding carboxylic acids is 1. The van der Waals surface area contributed by atoms with Crippen molar-refractivity contribution in [2.24, 2.45) is 0 Å². The van der Waals surface area contributed by atoms with Gasteiger partial charge in [0.15, 0.2) is 16.8 Å². The zero-order valence-corrected chi connectivity index (χ0v) is 13.7. The fourth-order valence-corrected chi connectivity index (χ4v) is 2.79. The summed E-state index contributed by atoms with van der Waals surface area (Å²) in [7, 11) is 0. The molecule has 0 amide bonds. The van der Waals surface area contributed by atoms with E-state index in [1.165, 1.54) is 0 Å². The molecule has 1 aromatic heterocycles. The van der Waals surface area contributed by atoms with Crippen molar-refractivity contribution in [3.63, 3.8) is 0 Å². The third-order valence-corrected chi connectivity index (χ3v) is 4.14. The summed E-state index contributed by atoms with van der Waals surface area (Å²) in [4.78, 5) is 22.7. The molecule has 0 radical (unpaired) electrons. The second-order valence-electron chi connectivity index (χ2n) is 5.56. The number of rotatable bonds is 5. The first-order valence-electron chi connectivity index (χ1n) is 7.62. The van der Waals surface area contributed by atoms with Gasteiger partial charge in [0.2, 0.25) is 0 Å². The number of nitrogens with zero attached hydrogens (tertiary/aromatic N) is 3. The minimum absolute atomic E-state index is 0.00163. The quantitative estimate of drug-likeness (QED) is 0.847. The van der Waals surface area contributed by atoms with Gasteiger partial charge in [-0.2, -0.15) is 0 Å². The van der Waals surface area contributed by atoms with E-state index in [0.717, 1.165) is 25.9 Å². The van der Waals surface area contributed by atoms with Gasteiger partial charge >= 0.3 is 0 Å². The van der Waals surface area contributed by atoms with Gasteiger partial charge in [-0.1, -0.05) is 25.4 Å². The first kappa shape index (κ1) is 16.2. The molecule has 1 aliphatic heterocycles. The molecule has 1 N–H and O–H groups in total. The zero-order chi connectivity index (χ0) is 15.4. The number of aromatic nitrogens is 2. The molecular weight excluding hydrogens is 288 g/mol. The average Bonchev–Trinajstić information content (AvgIpc) is 2.48. The molecule has 2 atom stereocenters. The van der Waals surface area contributed by atoms with Crippen LogP contribution in [-0.4, -0.2) is 40.9 Å². The smallest absolute Gasteiger partial charge is 0.182 e. The molecule has 0 unspecified atom stereocenters. The molecule has 1 fully saturated rings. The van der Waals surface area contributed by atoms with Crippen LogP contribution in [0.5, 0.6) is 0 Å².